The van der Waals surface area contributed by atoms with E-state index in [0.717, 1.165) is 11.6 Å². The predicted octanol–water partition coefficient (Wildman–Crippen LogP) is 2.55. The molecule has 0 saturated heterocycles. The van der Waals surface area contributed by atoms with E-state index in [2.05, 4.69) is 0 Å². The number of halogens is 2. The summed E-state index contributed by atoms with van der Waals surface area (Å²) in [5.74, 6) is -1.41. The minimum Gasteiger partial charge on any atom is -0.478 e. The maximum Gasteiger partial charge on any atom is 0.328 e. The summed E-state index contributed by atoms with van der Waals surface area (Å²) >= 11 is 5.66. The van der Waals surface area contributed by atoms with Gasteiger partial charge in [-0.2, -0.15) is 0 Å². The first-order chi connectivity index (χ1) is 7.99. The summed E-state index contributed by atoms with van der Waals surface area (Å²) in [5, 5.41) is 8.51. The van der Waals surface area contributed by atoms with Crippen LogP contribution in [0.2, 0.25) is 5.02 Å². The van der Waals surface area contributed by atoms with Gasteiger partial charge < -0.3 is 5.11 Å². The lowest BCUT2D eigenvalue weighted by Crippen LogP contribution is -2.17. The minimum atomic E-state index is -0.969. The van der Waals surface area contributed by atoms with E-state index in [0.29, 0.717) is 13.1 Å². The van der Waals surface area contributed by atoms with Crippen molar-refractivity contribution in [1.29, 1.82) is 0 Å². The quantitative estimate of drug-likeness (QED) is 0.824. The lowest BCUT2D eigenvalue weighted by molar-refractivity contribution is -0.131. The molecule has 0 unspecified atom stereocenters. The van der Waals surface area contributed by atoms with Gasteiger partial charge in [0.05, 0.1) is 5.02 Å². The van der Waals surface area contributed by atoms with Crippen molar-refractivity contribution in [2.45, 2.75) is 6.54 Å². The zero-order valence-electron chi connectivity index (χ0n) is 9.36. The molecule has 1 aromatic rings. The smallest absolute Gasteiger partial charge is 0.328 e. The molecule has 0 aliphatic rings. The number of carboxylic acids is 1. The van der Waals surface area contributed by atoms with Crippen LogP contribution in [0.3, 0.4) is 0 Å². The molecule has 92 valence electrons. The van der Waals surface area contributed by atoms with Crippen molar-refractivity contribution in [2.24, 2.45) is 0 Å². The van der Waals surface area contributed by atoms with Gasteiger partial charge in [-0.15, -0.1) is 0 Å². The number of carbonyl (C=O) groups is 1. The van der Waals surface area contributed by atoms with E-state index in [-0.39, 0.29) is 5.02 Å². The summed E-state index contributed by atoms with van der Waals surface area (Å²) in [4.78, 5) is 12.1. The Balaban J connectivity index is 2.53. The van der Waals surface area contributed by atoms with Crippen LogP contribution >= 0.6 is 11.6 Å². The van der Waals surface area contributed by atoms with Crippen LogP contribution in [0.1, 0.15) is 5.56 Å². The van der Waals surface area contributed by atoms with E-state index in [1.807, 2.05) is 11.9 Å². The highest BCUT2D eigenvalue weighted by Gasteiger charge is 2.03. The van der Waals surface area contributed by atoms with Crippen LogP contribution in [0.15, 0.2) is 30.4 Å². The minimum absolute atomic E-state index is 0.0944. The highest BCUT2D eigenvalue weighted by atomic mass is 35.5. The molecule has 1 N–H and O–H groups in total. The average molecular weight is 258 g/mol. The topological polar surface area (TPSA) is 40.5 Å². The van der Waals surface area contributed by atoms with E-state index < -0.39 is 11.8 Å². The van der Waals surface area contributed by atoms with Crippen molar-refractivity contribution in [3.05, 3.63) is 46.8 Å². The summed E-state index contributed by atoms with van der Waals surface area (Å²) in [5.41, 5.74) is 0.877. The molecule has 0 aliphatic carbocycles. The molecular weight excluding hydrogens is 245 g/mol. The summed E-state index contributed by atoms with van der Waals surface area (Å²) < 4.78 is 12.9. The number of hydrogen-bond donors (Lipinski definition) is 1. The summed E-state index contributed by atoms with van der Waals surface area (Å²) in [6, 6.07) is 4.53. The van der Waals surface area contributed by atoms with Crippen molar-refractivity contribution in [3.8, 4) is 0 Å². The normalized spacial score (nSPS) is 11.3. The molecule has 5 heteroatoms. The number of rotatable bonds is 5. The first-order valence-corrected chi connectivity index (χ1v) is 5.39. The third-order valence-corrected chi connectivity index (χ3v) is 2.40. The molecule has 1 aromatic carbocycles. The van der Waals surface area contributed by atoms with Crippen LogP contribution in [0.25, 0.3) is 0 Å². The monoisotopic (exact) mass is 257 g/mol. The van der Waals surface area contributed by atoms with Crippen LogP contribution in [0.4, 0.5) is 4.39 Å². The fourth-order valence-electron chi connectivity index (χ4n) is 1.35. The van der Waals surface area contributed by atoms with Crippen LogP contribution < -0.4 is 0 Å². The zero-order valence-corrected chi connectivity index (χ0v) is 10.1. The molecule has 3 nitrogen and oxygen atoms in total. The van der Waals surface area contributed by atoms with Gasteiger partial charge in [-0.3, -0.25) is 4.90 Å². The van der Waals surface area contributed by atoms with Crippen molar-refractivity contribution in [3.63, 3.8) is 0 Å². The van der Waals surface area contributed by atoms with E-state index in [9.17, 15) is 9.18 Å². The van der Waals surface area contributed by atoms with Crippen molar-refractivity contribution in [2.75, 3.05) is 13.6 Å². The molecule has 0 atom stereocenters. The number of benzene rings is 1. The Labute approximate surface area is 104 Å². The Bertz CT molecular complexity index is 435. The first-order valence-electron chi connectivity index (χ1n) is 5.01. The molecule has 0 saturated carbocycles. The Morgan fingerprint density at radius 3 is 2.88 bits per heavy atom. The molecule has 0 aliphatic heterocycles. The fourth-order valence-corrected chi connectivity index (χ4v) is 1.55. The molecule has 17 heavy (non-hydrogen) atoms. The molecule has 1 rings (SSSR count). The molecule has 0 bridgehead atoms. The van der Waals surface area contributed by atoms with Crippen molar-refractivity contribution < 1.29 is 14.3 Å². The molecular formula is C12H13ClFNO2. The number of aliphatic carboxylic acids is 1. The lowest BCUT2D eigenvalue weighted by atomic mass is 10.2. The third-order valence-electron chi connectivity index (χ3n) is 2.11. The van der Waals surface area contributed by atoms with E-state index in [1.54, 1.807) is 18.2 Å². The summed E-state index contributed by atoms with van der Waals surface area (Å²) in [6.07, 6.45) is 2.64. The Morgan fingerprint density at radius 2 is 2.29 bits per heavy atom. The number of likely N-dealkylation sites (N-methyl/N-ethyl adjacent to an activating group) is 1. The predicted molar refractivity (Wildman–Crippen MR) is 64.5 cm³/mol. The van der Waals surface area contributed by atoms with Gasteiger partial charge in [0.15, 0.2) is 0 Å². The van der Waals surface area contributed by atoms with E-state index in [4.69, 9.17) is 16.7 Å². The molecule has 0 heterocycles. The number of hydrogen-bond acceptors (Lipinski definition) is 2. The third kappa shape index (κ3) is 4.97. The Kier molecular flexibility index (Phi) is 5.12. The zero-order chi connectivity index (χ0) is 12.8. The first kappa shape index (κ1) is 13.7. The average Bonchev–Trinajstić information content (AvgIpc) is 2.23. The second-order valence-corrected chi connectivity index (χ2v) is 4.09. The molecule has 0 fully saturated rings. The summed E-state index contributed by atoms with van der Waals surface area (Å²) in [7, 11) is 1.84. The Morgan fingerprint density at radius 1 is 1.59 bits per heavy atom. The lowest BCUT2D eigenvalue weighted by Gasteiger charge is -2.14. The number of nitrogens with zero attached hydrogens (tertiary/aromatic N) is 1. The van der Waals surface area contributed by atoms with Gasteiger partial charge in [-0.05, 0) is 24.7 Å². The Hall–Kier alpha value is -1.39. The van der Waals surface area contributed by atoms with Crippen LogP contribution in [0.5, 0.6) is 0 Å². The molecule has 0 aromatic heterocycles. The van der Waals surface area contributed by atoms with Gasteiger partial charge in [0.2, 0.25) is 0 Å². The fraction of sp³-hybridized carbons (Fsp3) is 0.250. The van der Waals surface area contributed by atoms with Crippen LogP contribution in [-0.4, -0.2) is 29.6 Å². The van der Waals surface area contributed by atoms with Gasteiger partial charge in [-0.1, -0.05) is 23.7 Å². The van der Waals surface area contributed by atoms with Crippen molar-refractivity contribution >= 4 is 17.6 Å². The highest BCUT2D eigenvalue weighted by Crippen LogP contribution is 2.16. The number of carboxylic acid groups (broad SMARTS) is 1. The SMILES string of the molecule is CN(C/C=C/C(=O)O)Cc1ccc(F)c(Cl)c1. The second kappa shape index (κ2) is 6.37. The van der Waals surface area contributed by atoms with Gasteiger partial charge in [0.1, 0.15) is 5.82 Å². The van der Waals surface area contributed by atoms with Crippen LogP contribution in [-0.2, 0) is 11.3 Å². The molecule has 0 spiro atoms. The summed E-state index contributed by atoms with van der Waals surface area (Å²) in [6.45, 7) is 1.07. The maximum absolute atomic E-state index is 12.9. The van der Waals surface area contributed by atoms with Crippen molar-refractivity contribution in [1.82, 2.24) is 4.90 Å². The van der Waals surface area contributed by atoms with E-state index >= 15 is 0 Å². The van der Waals surface area contributed by atoms with Gasteiger partial charge in [-0.25, -0.2) is 9.18 Å². The largest absolute Gasteiger partial charge is 0.478 e. The van der Waals surface area contributed by atoms with E-state index in [1.165, 1.54) is 6.07 Å². The second-order valence-electron chi connectivity index (χ2n) is 3.69. The molecule has 0 radical (unpaired) electrons. The molecule has 0 amide bonds. The van der Waals surface area contributed by atoms with Crippen LogP contribution in [0, 0.1) is 5.82 Å². The van der Waals surface area contributed by atoms with Gasteiger partial charge in [0, 0.05) is 19.2 Å². The standard InChI is InChI=1S/C12H13ClFNO2/c1-15(6-2-3-12(16)17)8-9-4-5-11(14)10(13)7-9/h2-5,7H,6,8H2,1H3,(H,16,17)/b3-2+. The van der Waals surface area contributed by atoms with Gasteiger partial charge in [0.25, 0.3) is 0 Å². The maximum atomic E-state index is 12.9. The van der Waals surface area contributed by atoms with Gasteiger partial charge >= 0.3 is 5.97 Å². The highest BCUT2D eigenvalue weighted by molar-refractivity contribution is 6.30.